The van der Waals surface area contributed by atoms with Crippen LogP contribution in [0.1, 0.15) is 25.6 Å². The number of aromatic nitrogens is 2. The Morgan fingerprint density at radius 2 is 1.76 bits per heavy atom. The average Bonchev–Trinajstić information content (AvgIpc) is 2.28. The van der Waals surface area contributed by atoms with E-state index < -0.39 is 0 Å². The Labute approximate surface area is 111 Å². The summed E-state index contributed by atoms with van der Waals surface area (Å²) in [7, 11) is 0. The minimum absolute atomic E-state index is 0.231. The second-order valence-electron chi connectivity index (χ2n) is 4.07. The molecule has 0 atom stereocenters. The third-order valence-corrected chi connectivity index (χ3v) is 2.90. The summed E-state index contributed by atoms with van der Waals surface area (Å²) >= 11 is 12.1. The van der Waals surface area contributed by atoms with Crippen molar-refractivity contribution in [2.45, 2.75) is 19.8 Å². The Hall–Kier alpha value is -1.12. The van der Waals surface area contributed by atoms with Gasteiger partial charge >= 0.3 is 0 Å². The van der Waals surface area contributed by atoms with Crippen LogP contribution < -0.4 is 0 Å². The van der Waals surface area contributed by atoms with Crippen LogP contribution in [-0.4, -0.2) is 9.97 Å². The van der Waals surface area contributed by atoms with E-state index in [9.17, 15) is 0 Å². The van der Waals surface area contributed by atoms with Gasteiger partial charge in [-0.2, -0.15) is 0 Å². The highest BCUT2D eigenvalue weighted by Crippen LogP contribution is 2.28. The first-order valence-corrected chi connectivity index (χ1v) is 6.13. The van der Waals surface area contributed by atoms with Crippen molar-refractivity contribution in [2.75, 3.05) is 0 Å². The van der Waals surface area contributed by atoms with Crippen LogP contribution in [0.5, 0.6) is 0 Å². The average molecular weight is 267 g/mol. The molecule has 0 saturated carbocycles. The van der Waals surface area contributed by atoms with Gasteiger partial charge in [0.05, 0.1) is 5.69 Å². The Morgan fingerprint density at radius 3 is 2.41 bits per heavy atom. The van der Waals surface area contributed by atoms with E-state index in [1.165, 1.54) is 0 Å². The van der Waals surface area contributed by atoms with Gasteiger partial charge in [-0.3, -0.25) is 0 Å². The lowest BCUT2D eigenvalue weighted by Gasteiger charge is -2.08. The van der Waals surface area contributed by atoms with Crippen LogP contribution in [-0.2, 0) is 0 Å². The van der Waals surface area contributed by atoms with Gasteiger partial charge in [-0.25, -0.2) is 9.97 Å². The topological polar surface area (TPSA) is 25.8 Å². The fourth-order valence-electron chi connectivity index (χ4n) is 1.50. The second kappa shape index (κ2) is 5.03. The molecule has 0 spiro atoms. The van der Waals surface area contributed by atoms with E-state index in [4.69, 9.17) is 23.2 Å². The van der Waals surface area contributed by atoms with E-state index in [0.29, 0.717) is 10.2 Å². The summed E-state index contributed by atoms with van der Waals surface area (Å²) < 4.78 is 0. The molecule has 0 aliphatic carbocycles. The van der Waals surface area contributed by atoms with Gasteiger partial charge in [0.25, 0.3) is 0 Å². The van der Waals surface area contributed by atoms with E-state index in [0.717, 1.165) is 17.1 Å². The molecule has 0 unspecified atom stereocenters. The molecule has 1 aromatic heterocycles. The molecule has 0 amide bonds. The summed E-state index contributed by atoms with van der Waals surface area (Å²) in [6.45, 7) is 4.06. The van der Waals surface area contributed by atoms with E-state index in [-0.39, 0.29) is 5.92 Å². The molecule has 2 nitrogen and oxygen atoms in total. The first-order valence-electron chi connectivity index (χ1n) is 5.37. The van der Waals surface area contributed by atoms with Gasteiger partial charge in [-0.1, -0.05) is 55.2 Å². The molecule has 17 heavy (non-hydrogen) atoms. The van der Waals surface area contributed by atoms with Crippen molar-refractivity contribution in [1.29, 1.82) is 0 Å². The van der Waals surface area contributed by atoms with Crippen LogP contribution in [0.3, 0.4) is 0 Å². The first-order chi connectivity index (χ1) is 8.08. The van der Waals surface area contributed by atoms with Gasteiger partial charge in [-0.15, -0.1) is 0 Å². The minimum Gasteiger partial charge on any atom is -0.232 e. The molecule has 0 fully saturated rings. The number of rotatable bonds is 2. The number of hydrogen-bond acceptors (Lipinski definition) is 2. The maximum atomic E-state index is 6.14. The highest BCUT2D eigenvalue weighted by Gasteiger charge is 2.10. The number of benzene rings is 1. The molecule has 2 aromatic rings. The molecular formula is C13H12Cl2N2. The normalized spacial score (nSPS) is 10.9. The molecule has 0 aliphatic heterocycles. The lowest BCUT2D eigenvalue weighted by atomic mass is 10.1. The summed E-state index contributed by atoms with van der Waals surface area (Å²) in [6.07, 6.45) is 0. The van der Waals surface area contributed by atoms with Gasteiger partial charge in [0.15, 0.2) is 0 Å². The molecule has 1 aromatic carbocycles. The van der Waals surface area contributed by atoms with E-state index >= 15 is 0 Å². The van der Waals surface area contributed by atoms with Gasteiger partial charge in [0.1, 0.15) is 11.0 Å². The molecular weight excluding hydrogens is 255 g/mol. The molecule has 2 rings (SSSR count). The van der Waals surface area contributed by atoms with Crippen LogP contribution in [0.2, 0.25) is 10.2 Å². The molecule has 0 radical (unpaired) electrons. The summed E-state index contributed by atoms with van der Waals surface area (Å²) in [5, 5.41) is 1.11. The third-order valence-electron chi connectivity index (χ3n) is 2.38. The van der Waals surface area contributed by atoms with E-state index in [1.54, 1.807) is 6.07 Å². The van der Waals surface area contributed by atoms with Crippen LogP contribution >= 0.6 is 23.2 Å². The molecule has 0 N–H and O–H groups in total. The summed E-state index contributed by atoms with van der Waals surface area (Å²) in [5.74, 6) is 0.961. The van der Waals surface area contributed by atoms with Gasteiger partial charge in [0, 0.05) is 22.6 Å². The fourth-order valence-corrected chi connectivity index (χ4v) is 1.92. The Kier molecular flexibility index (Phi) is 3.65. The SMILES string of the molecule is CC(C)c1nc(Cl)cc(-c2ccccc2Cl)n1. The zero-order valence-corrected chi connectivity index (χ0v) is 11.1. The van der Waals surface area contributed by atoms with Crippen molar-refractivity contribution < 1.29 is 0 Å². The van der Waals surface area contributed by atoms with Gasteiger partial charge in [0.2, 0.25) is 0 Å². The van der Waals surface area contributed by atoms with Crippen LogP contribution in [0.4, 0.5) is 0 Å². The first kappa shape index (κ1) is 12.3. The van der Waals surface area contributed by atoms with Crippen molar-refractivity contribution in [1.82, 2.24) is 9.97 Å². The fraction of sp³-hybridized carbons (Fsp3) is 0.231. The molecule has 88 valence electrons. The Bertz CT molecular complexity index is 539. The highest BCUT2D eigenvalue weighted by atomic mass is 35.5. The molecule has 0 aliphatic rings. The largest absolute Gasteiger partial charge is 0.232 e. The maximum absolute atomic E-state index is 6.14. The molecule has 1 heterocycles. The Morgan fingerprint density at radius 1 is 1.06 bits per heavy atom. The molecule has 4 heteroatoms. The van der Waals surface area contributed by atoms with Crippen LogP contribution in [0.25, 0.3) is 11.3 Å². The Balaban J connectivity index is 2.56. The summed E-state index contributed by atoms with van der Waals surface area (Å²) in [5.41, 5.74) is 1.64. The minimum atomic E-state index is 0.231. The zero-order chi connectivity index (χ0) is 12.4. The predicted molar refractivity (Wildman–Crippen MR) is 71.6 cm³/mol. The van der Waals surface area contributed by atoms with Crippen molar-refractivity contribution in [3.63, 3.8) is 0 Å². The molecule has 0 saturated heterocycles. The predicted octanol–water partition coefficient (Wildman–Crippen LogP) is 4.57. The van der Waals surface area contributed by atoms with E-state index in [1.807, 2.05) is 38.1 Å². The standard InChI is InChI=1S/C13H12Cl2N2/c1-8(2)13-16-11(7-12(15)17-13)9-5-3-4-6-10(9)14/h3-8H,1-2H3. The van der Waals surface area contributed by atoms with Crippen molar-refractivity contribution >= 4 is 23.2 Å². The smallest absolute Gasteiger partial charge is 0.133 e. The monoisotopic (exact) mass is 266 g/mol. The summed E-state index contributed by atoms with van der Waals surface area (Å²) in [4.78, 5) is 8.68. The molecule has 0 bridgehead atoms. The van der Waals surface area contributed by atoms with Gasteiger partial charge < -0.3 is 0 Å². The van der Waals surface area contributed by atoms with Crippen LogP contribution in [0.15, 0.2) is 30.3 Å². The summed E-state index contributed by atoms with van der Waals surface area (Å²) in [6, 6.07) is 9.30. The maximum Gasteiger partial charge on any atom is 0.133 e. The lowest BCUT2D eigenvalue weighted by Crippen LogP contribution is -1.99. The third kappa shape index (κ3) is 2.76. The van der Waals surface area contributed by atoms with Crippen molar-refractivity contribution in [3.05, 3.63) is 46.3 Å². The number of hydrogen-bond donors (Lipinski definition) is 0. The highest BCUT2D eigenvalue weighted by molar-refractivity contribution is 6.33. The number of halogens is 2. The quantitative estimate of drug-likeness (QED) is 0.744. The lowest BCUT2D eigenvalue weighted by molar-refractivity contribution is 0.776. The number of nitrogens with zero attached hydrogens (tertiary/aromatic N) is 2. The van der Waals surface area contributed by atoms with Gasteiger partial charge in [-0.05, 0) is 6.07 Å². The van der Waals surface area contributed by atoms with E-state index in [2.05, 4.69) is 9.97 Å². The zero-order valence-electron chi connectivity index (χ0n) is 9.61. The second-order valence-corrected chi connectivity index (χ2v) is 4.86. The van der Waals surface area contributed by atoms with Crippen molar-refractivity contribution in [3.8, 4) is 11.3 Å². The van der Waals surface area contributed by atoms with Crippen LogP contribution in [0, 0.1) is 0 Å². The van der Waals surface area contributed by atoms with Crippen molar-refractivity contribution in [2.24, 2.45) is 0 Å².